The molecule has 2 unspecified atom stereocenters. The largest absolute Gasteiger partial charge is 0.374 e. The molecule has 3 heterocycles. The Morgan fingerprint density at radius 2 is 1.84 bits per heavy atom. The third-order valence-corrected chi connectivity index (χ3v) is 7.62. The highest BCUT2D eigenvalue weighted by molar-refractivity contribution is 7.91. The van der Waals surface area contributed by atoms with Crippen molar-refractivity contribution >= 4 is 9.84 Å². The zero-order valence-corrected chi connectivity index (χ0v) is 19.1. The average molecular weight is 459 g/mol. The van der Waals surface area contributed by atoms with Gasteiger partial charge in [-0.15, -0.1) is 0 Å². The van der Waals surface area contributed by atoms with Gasteiger partial charge in [0.2, 0.25) is 0 Å². The number of nitrogens with zero attached hydrogens (tertiary/aromatic N) is 3. The molecule has 7 nitrogen and oxygen atoms in total. The van der Waals surface area contributed by atoms with Crippen molar-refractivity contribution < 1.29 is 17.9 Å². The van der Waals surface area contributed by atoms with Crippen LogP contribution in [0.5, 0.6) is 0 Å². The van der Waals surface area contributed by atoms with Crippen molar-refractivity contribution in [2.45, 2.75) is 45.0 Å². The number of nitrogens with one attached hydrogen (secondary N) is 1. The van der Waals surface area contributed by atoms with Gasteiger partial charge in [0.15, 0.2) is 9.84 Å². The molecule has 0 spiro atoms. The summed E-state index contributed by atoms with van der Waals surface area (Å²) in [7, 11) is -3.13. The van der Waals surface area contributed by atoms with Crippen molar-refractivity contribution in [3.05, 3.63) is 60.0 Å². The summed E-state index contributed by atoms with van der Waals surface area (Å²) < 4.78 is 39.2. The number of aromatic nitrogens is 3. The molecule has 0 aliphatic carbocycles. The molecule has 2 atom stereocenters. The zero-order valence-electron chi connectivity index (χ0n) is 18.3. The SMILES string of the molecule is CC(C)n1nccc1-c1cc(C(O)NC2(C)CCS(=O)(=O)C2)cc(-c2ccc(F)cc2)n1. The first kappa shape index (κ1) is 22.6. The summed E-state index contributed by atoms with van der Waals surface area (Å²) in [5.74, 6) is -0.279. The summed E-state index contributed by atoms with van der Waals surface area (Å²) in [6, 6.07) is 11.5. The van der Waals surface area contributed by atoms with E-state index in [0.29, 0.717) is 28.9 Å². The lowest BCUT2D eigenvalue weighted by atomic mass is 10.00. The van der Waals surface area contributed by atoms with Gasteiger partial charge in [0.25, 0.3) is 0 Å². The van der Waals surface area contributed by atoms with E-state index in [1.807, 2.05) is 24.6 Å². The quantitative estimate of drug-likeness (QED) is 0.549. The minimum absolute atomic E-state index is 0.0278. The molecule has 32 heavy (non-hydrogen) atoms. The second kappa shape index (κ2) is 8.38. The van der Waals surface area contributed by atoms with E-state index in [1.54, 1.807) is 37.4 Å². The predicted molar refractivity (Wildman–Crippen MR) is 121 cm³/mol. The molecule has 0 radical (unpaired) electrons. The number of pyridine rings is 1. The lowest BCUT2D eigenvalue weighted by Gasteiger charge is -2.28. The van der Waals surface area contributed by atoms with Gasteiger partial charge < -0.3 is 5.11 Å². The minimum Gasteiger partial charge on any atom is -0.374 e. The fourth-order valence-corrected chi connectivity index (χ4v) is 6.18. The monoisotopic (exact) mass is 458 g/mol. The number of sulfone groups is 1. The van der Waals surface area contributed by atoms with Gasteiger partial charge in [-0.05, 0) is 75.2 Å². The van der Waals surface area contributed by atoms with Crippen molar-refractivity contribution in [3.63, 3.8) is 0 Å². The van der Waals surface area contributed by atoms with Crippen molar-refractivity contribution in [1.82, 2.24) is 20.1 Å². The summed E-state index contributed by atoms with van der Waals surface area (Å²) in [4.78, 5) is 4.76. The van der Waals surface area contributed by atoms with Crippen LogP contribution in [0.2, 0.25) is 0 Å². The third kappa shape index (κ3) is 4.74. The Morgan fingerprint density at radius 1 is 1.16 bits per heavy atom. The lowest BCUT2D eigenvalue weighted by Crippen LogP contribution is -2.45. The summed E-state index contributed by atoms with van der Waals surface area (Å²) >= 11 is 0. The standard InChI is InChI=1S/C23H27FN4O3S/c1-15(2)28-21(8-10-25-28)20-13-17(12-19(26-20)16-4-6-18(24)7-5-16)22(29)27-23(3)9-11-32(30,31)14-23/h4-8,10,12-13,15,22,27,29H,9,11,14H2,1-3H3. The lowest BCUT2D eigenvalue weighted by molar-refractivity contribution is 0.103. The van der Waals surface area contributed by atoms with Gasteiger partial charge in [-0.25, -0.2) is 17.8 Å². The Morgan fingerprint density at radius 3 is 2.47 bits per heavy atom. The summed E-state index contributed by atoms with van der Waals surface area (Å²) in [5.41, 5.74) is 2.48. The van der Waals surface area contributed by atoms with E-state index < -0.39 is 21.6 Å². The second-order valence-corrected chi connectivity index (χ2v) is 11.1. The van der Waals surface area contributed by atoms with E-state index in [4.69, 9.17) is 4.98 Å². The van der Waals surface area contributed by atoms with Crippen molar-refractivity contribution in [2.24, 2.45) is 0 Å². The Hall–Kier alpha value is -2.62. The van der Waals surface area contributed by atoms with Crippen LogP contribution in [-0.4, -0.2) is 45.3 Å². The van der Waals surface area contributed by atoms with Crippen LogP contribution in [0.3, 0.4) is 0 Å². The number of rotatable bonds is 6. The Balaban J connectivity index is 1.76. The van der Waals surface area contributed by atoms with Crippen LogP contribution in [0.15, 0.2) is 48.7 Å². The average Bonchev–Trinajstić information content (AvgIpc) is 3.32. The Labute approximate surface area is 187 Å². The summed E-state index contributed by atoms with van der Waals surface area (Å²) in [6.07, 6.45) is 1.01. The van der Waals surface area contributed by atoms with Crippen molar-refractivity contribution in [1.29, 1.82) is 0 Å². The number of aliphatic hydroxyl groups is 1. The molecule has 0 bridgehead atoms. The maximum absolute atomic E-state index is 13.5. The molecule has 3 aromatic rings. The van der Waals surface area contributed by atoms with E-state index in [9.17, 15) is 17.9 Å². The summed E-state index contributed by atoms with van der Waals surface area (Å²) in [6.45, 7) is 5.83. The molecule has 1 aromatic carbocycles. The molecule has 170 valence electrons. The van der Waals surface area contributed by atoms with Gasteiger partial charge in [-0.3, -0.25) is 10.00 Å². The molecule has 1 aliphatic rings. The van der Waals surface area contributed by atoms with E-state index in [1.165, 1.54) is 12.1 Å². The molecule has 0 saturated carbocycles. The summed E-state index contributed by atoms with van der Waals surface area (Å²) in [5, 5.41) is 18.5. The highest BCUT2D eigenvalue weighted by Gasteiger charge is 2.39. The van der Waals surface area contributed by atoms with E-state index in [2.05, 4.69) is 10.4 Å². The maximum atomic E-state index is 13.5. The number of aliphatic hydroxyl groups excluding tert-OH is 1. The Bertz CT molecular complexity index is 1220. The fraction of sp³-hybridized carbons (Fsp3) is 0.391. The molecular formula is C23H27FN4O3S. The molecule has 1 saturated heterocycles. The molecule has 2 aromatic heterocycles. The van der Waals surface area contributed by atoms with Gasteiger partial charge in [-0.2, -0.15) is 5.10 Å². The van der Waals surface area contributed by atoms with Crippen LogP contribution >= 0.6 is 0 Å². The molecule has 2 N–H and O–H groups in total. The first-order valence-corrected chi connectivity index (χ1v) is 12.4. The number of benzene rings is 1. The van der Waals surface area contributed by atoms with Gasteiger partial charge in [-0.1, -0.05) is 0 Å². The third-order valence-electron chi connectivity index (χ3n) is 5.71. The topological polar surface area (TPSA) is 97.1 Å². The van der Waals surface area contributed by atoms with Crippen molar-refractivity contribution in [2.75, 3.05) is 11.5 Å². The molecule has 4 rings (SSSR count). The van der Waals surface area contributed by atoms with E-state index >= 15 is 0 Å². The number of hydrogen-bond acceptors (Lipinski definition) is 6. The first-order valence-electron chi connectivity index (χ1n) is 10.5. The van der Waals surface area contributed by atoms with Crippen molar-refractivity contribution in [3.8, 4) is 22.6 Å². The predicted octanol–water partition coefficient (Wildman–Crippen LogP) is 3.49. The van der Waals surface area contributed by atoms with Crippen LogP contribution in [-0.2, 0) is 9.84 Å². The number of hydrogen-bond donors (Lipinski definition) is 2. The van der Waals surface area contributed by atoms with Crippen LogP contribution in [0.1, 0.15) is 45.0 Å². The molecule has 1 fully saturated rings. The van der Waals surface area contributed by atoms with Gasteiger partial charge in [0.1, 0.15) is 12.0 Å². The van der Waals surface area contributed by atoms with Gasteiger partial charge >= 0.3 is 0 Å². The maximum Gasteiger partial charge on any atom is 0.152 e. The zero-order chi connectivity index (χ0) is 23.1. The number of halogens is 1. The smallest absolute Gasteiger partial charge is 0.152 e. The minimum atomic E-state index is -3.13. The molecule has 0 amide bonds. The molecular weight excluding hydrogens is 431 g/mol. The van der Waals surface area contributed by atoms with Gasteiger partial charge in [0, 0.05) is 23.3 Å². The van der Waals surface area contributed by atoms with Gasteiger partial charge in [0.05, 0.1) is 28.6 Å². The van der Waals surface area contributed by atoms with E-state index in [0.717, 1.165) is 5.69 Å². The van der Waals surface area contributed by atoms with Crippen LogP contribution in [0, 0.1) is 5.82 Å². The van der Waals surface area contributed by atoms with Crippen LogP contribution < -0.4 is 5.32 Å². The van der Waals surface area contributed by atoms with Crippen LogP contribution in [0.4, 0.5) is 4.39 Å². The van der Waals surface area contributed by atoms with Crippen LogP contribution in [0.25, 0.3) is 22.6 Å². The molecule has 9 heteroatoms. The molecule has 1 aliphatic heterocycles. The normalized spacial score (nSPS) is 21.2. The second-order valence-electron chi connectivity index (χ2n) is 8.88. The van der Waals surface area contributed by atoms with E-state index in [-0.39, 0.29) is 23.4 Å². The highest BCUT2D eigenvalue weighted by atomic mass is 32.2. The fourth-order valence-electron chi connectivity index (χ4n) is 4.08. The first-order chi connectivity index (χ1) is 15.1. The Kier molecular flexibility index (Phi) is 5.91. The highest BCUT2D eigenvalue weighted by Crippen LogP contribution is 2.31.